The van der Waals surface area contributed by atoms with E-state index in [-0.39, 0.29) is 17.5 Å². The molecule has 1 fully saturated rings. The molecule has 5 heteroatoms. The number of hydrogen-bond donors (Lipinski definition) is 2. The van der Waals surface area contributed by atoms with Crippen molar-refractivity contribution < 1.29 is 9.18 Å². The highest BCUT2D eigenvalue weighted by atomic mass is 19.1. The van der Waals surface area contributed by atoms with Crippen molar-refractivity contribution in [2.24, 2.45) is 0 Å². The van der Waals surface area contributed by atoms with Crippen molar-refractivity contribution in [2.75, 3.05) is 13.1 Å². The molecule has 1 aromatic heterocycles. The van der Waals surface area contributed by atoms with Crippen LogP contribution in [0.4, 0.5) is 4.39 Å². The SMILES string of the molecule is O=C(NC1CCNC1)c1ccncc1F. The zero-order valence-electron chi connectivity index (χ0n) is 8.16. The molecule has 1 unspecified atom stereocenters. The van der Waals surface area contributed by atoms with E-state index < -0.39 is 5.82 Å². The molecule has 2 N–H and O–H groups in total. The molecule has 4 nitrogen and oxygen atoms in total. The molecule has 0 spiro atoms. The Morgan fingerprint density at radius 1 is 1.67 bits per heavy atom. The molecule has 0 bridgehead atoms. The summed E-state index contributed by atoms with van der Waals surface area (Å²) in [6.45, 7) is 1.64. The maximum absolute atomic E-state index is 13.2. The minimum atomic E-state index is -0.582. The number of carbonyl (C=O) groups excluding carboxylic acids is 1. The van der Waals surface area contributed by atoms with Gasteiger partial charge in [0.2, 0.25) is 0 Å². The first-order valence-electron chi connectivity index (χ1n) is 4.88. The predicted molar refractivity (Wildman–Crippen MR) is 52.9 cm³/mol. The van der Waals surface area contributed by atoms with E-state index in [1.807, 2.05) is 0 Å². The van der Waals surface area contributed by atoms with E-state index in [0.29, 0.717) is 0 Å². The number of carbonyl (C=O) groups is 1. The molecule has 80 valence electrons. The summed E-state index contributed by atoms with van der Waals surface area (Å²) in [6.07, 6.45) is 3.34. The summed E-state index contributed by atoms with van der Waals surface area (Å²) < 4.78 is 13.2. The van der Waals surface area contributed by atoms with Gasteiger partial charge in [-0.25, -0.2) is 4.39 Å². The molecule has 1 amide bonds. The van der Waals surface area contributed by atoms with Gasteiger partial charge < -0.3 is 10.6 Å². The molecule has 2 heterocycles. The third-order valence-corrected chi connectivity index (χ3v) is 2.41. The van der Waals surface area contributed by atoms with Crippen molar-refractivity contribution in [3.05, 3.63) is 29.8 Å². The summed E-state index contributed by atoms with van der Waals surface area (Å²) in [6, 6.07) is 1.48. The Balaban J connectivity index is 2.04. The Bertz CT molecular complexity index is 363. The number of nitrogens with zero attached hydrogens (tertiary/aromatic N) is 1. The van der Waals surface area contributed by atoms with Gasteiger partial charge >= 0.3 is 0 Å². The van der Waals surface area contributed by atoms with Gasteiger partial charge in [0.05, 0.1) is 11.8 Å². The molecule has 1 aliphatic heterocycles. The molecule has 15 heavy (non-hydrogen) atoms. The van der Waals surface area contributed by atoms with Crippen molar-refractivity contribution in [3.8, 4) is 0 Å². The first-order valence-corrected chi connectivity index (χ1v) is 4.88. The molecule has 1 aliphatic rings. The molecule has 1 aromatic rings. The summed E-state index contributed by atoms with van der Waals surface area (Å²) in [5, 5.41) is 5.89. The highest BCUT2D eigenvalue weighted by Crippen LogP contribution is 2.06. The number of nitrogens with one attached hydrogen (secondary N) is 2. The van der Waals surface area contributed by atoms with Crippen LogP contribution in [0.3, 0.4) is 0 Å². The second-order valence-corrected chi connectivity index (χ2v) is 3.52. The van der Waals surface area contributed by atoms with Crippen LogP contribution in [-0.2, 0) is 0 Å². The highest BCUT2D eigenvalue weighted by molar-refractivity contribution is 5.94. The summed E-state index contributed by atoms with van der Waals surface area (Å²) in [4.78, 5) is 15.2. The summed E-state index contributed by atoms with van der Waals surface area (Å²) >= 11 is 0. The van der Waals surface area contributed by atoms with Crippen molar-refractivity contribution >= 4 is 5.91 Å². The lowest BCUT2D eigenvalue weighted by atomic mass is 10.2. The van der Waals surface area contributed by atoms with Crippen LogP contribution in [0, 0.1) is 5.82 Å². The smallest absolute Gasteiger partial charge is 0.254 e. The Morgan fingerprint density at radius 2 is 2.53 bits per heavy atom. The summed E-state index contributed by atoms with van der Waals surface area (Å²) in [5.74, 6) is -0.954. The minimum absolute atomic E-state index is 0.0527. The van der Waals surface area contributed by atoms with Gasteiger partial charge in [0.1, 0.15) is 0 Å². The molecule has 1 atom stereocenters. The largest absolute Gasteiger partial charge is 0.348 e. The van der Waals surface area contributed by atoms with Crippen molar-refractivity contribution in [1.29, 1.82) is 0 Å². The quantitative estimate of drug-likeness (QED) is 0.737. The van der Waals surface area contributed by atoms with Crippen LogP contribution >= 0.6 is 0 Å². The van der Waals surface area contributed by atoms with E-state index in [0.717, 1.165) is 25.7 Å². The fourth-order valence-corrected chi connectivity index (χ4v) is 1.60. The van der Waals surface area contributed by atoms with Gasteiger partial charge in [-0.05, 0) is 19.0 Å². The van der Waals surface area contributed by atoms with E-state index in [1.165, 1.54) is 12.3 Å². The number of rotatable bonds is 2. The lowest BCUT2D eigenvalue weighted by Gasteiger charge is -2.11. The maximum atomic E-state index is 13.2. The van der Waals surface area contributed by atoms with Gasteiger partial charge in [-0.15, -0.1) is 0 Å². The Labute approximate surface area is 86.9 Å². The number of halogens is 1. The molecule has 0 aromatic carbocycles. The van der Waals surface area contributed by atoms with E-state index in [4.69, 9.17) is 0 Å². The lowest BCUT2D eigenvalue weighted by Crippen LogP contribution is -2.36. The fourth-order valence-electron chi connectivity index (χ4n) is 1.60. The van der Waals surface area contributed by atoms with Crippen LogP contribution in [0.15, 0.2) is 18.5 Å². The molecule has 1 saturated heterocycles. The number of pyridine rings is 1. The van der Waals surface area contributed by atoms with E-state index >= 15 is 0 Å². The van der Waals surface area contributed by atoms with Crippen LogP contribution in [0.2, 0.25) is 0 Å². The van der Waals surface area contributed by atoms with Crippen molar-refractivity contribution in [3.63, 3.8) is 0 Å². The molecular weight excluding hydrogens is 197 g/mol. The van der Waals surface area contributed by atoms with Crippen molar-refractivity contribution in [1.82, 2.24) is 15.6 Å². The Morgan fingerprint density at radius 3 is 3.20 bits per heavy atom. The third-order valence-electron chi connectivity index (χ3n) is 2.41. The minimum Gasteiger partial charge on any atom is -0.348 e. The molecule has 0 saturated carbocycles. The summed E-state index contributed by atoms with van der Waals surface area (Å²) in [5.41, 5.74) is 0.0527. The van der Waals surface area contributed by atoms with Gasteiger partial charge in [-0.3, -0.25) is 9.78 Å². The molecule has 2 rings (SSSR count). The second kappa shape index (κ2) is 4.35. The van der Waals surface area contributed by atoms with Gasteiger partial charge in [0, 0.05) is 18.8 Å². The van der Waals surface area contributed by atoms with Crippen LogP contribution < -0.4 is 10.6 Å². The van der Waals surface area contributed by atoms with Gasteiger partial charge in [0.15, 0.2) is 5.82 Å². The first kappa shape index (κ1) is 10.0. The van der Waals surface area contributed by atoms with E-state index in [1.54, 1.807) is 0 Å². The Kier molecular flexibility index (Phi) is 2.91. The predicted octanol–water partition coefficient (Wildman–Crippen LogP) is 0.312. The zero-order chi connectivity index (χ0) is 10.7. The normalized spacial score (nSPS) is 20.2. The molecular formula is C10H12FN3O. The monoisotopic (exact) mass is 209 g/mol. The van der Waals surface area contributed by atoms with Crippen LogP contribution in [0.1, 0.15) is 16.8 Å². The fraction of sp³-hybridized carbons (Fsp3) is 0.400. The van der Waals surface area contributed by atoms with Crippen LogP contribution in [0.25, 0.3) is 0 Å². The van der Waals surface area contributed by atoms with Crippen LogP contribution in [0.5, 0.6) is 0 Å². The third kappa shape index (κ3) is 2.30. The van der Waals surface area contributed by atoms with Crippen molar-refractivity contribution in [2.45, 2.75) is 12.5 Å². The van der Waals surface area contributed by atoms with E-state index in [2.05, 4.69) is 15.6 Å². The van der Waals surface area contributed by atoms with Crippen LogP contribution in [-0.4, -0.2) is 30.0 Å². The molecule has 0 radical (unpaired) electrons. The zero-order valence-corrected chi connectivity index (χ0v) is 8.16. The highest BCUT2D eigenvalue weighted by Gasteiger charge is 2.19. The number of aromatic nitrogens is 1. The number of amides is 1. The standard InChI is InChI=1S/C10H12FN3O/c11-9-6-13-4-2-8(9)10(15)14-7-1-3-12-5-7/h2,4,6-7,12H,1,3,5H2,(H,14,15). The average molecular weight is 209 g/mol. The van der Waals surface area contributed by atoms with Gasteiger partial charge in [-0.2, -0.15) is 0 Å². The average Bonchev–Trinajstić information content (AvgIpc) is 2.71. The first-order chi connectivity index (χ1) is 7.27. The lowest BCUT2D eigenvalue weighted by molar-refractivity contribution is 0.0936. The van der Waals surface area contributed by atoms with Gasteiger partial charge in [-0.1, -0.05) is 0 Å². The topological polar surface area (TPSA) is 54.0 Å². The Hall–Kier alpha value is -1.49. The van der Waals surface area contributed by atoms with E-state index in [9.17, 15) is 9.18 Å². The molecule has 0 aliphatic carbocycles. The van der Waals surface area contributed by atoms with Gasteiger partial charge in [0.25, 0.3) is 5.91 Å². The second-order valence-electron chi connectivity index (χ2n) is 3.52. The number of hydrogen-bond acceptors (Lipinski definition) is 3. The maximum Gasteiger partial charge on any atom is 0.254 e. The summed E-state index contributed by atoms with van der Waals surface area (Å²) in [7, 11) is 0.